The Morgan fingerprint density at radius 3 is 2.81 bits per heavy atom. The van der Waals surface area contributed by atoms with Crippen LogP contribution in [0.4, 0.5) is 8.78 Å². The minimum absolute atomic E-state index is 0.382. The summed E-state index contributed by atoms with van der Waals surface area (Å²) in [4.78, 5) is 17.8. The van der Waals surface area contributed by atoms with E-state index in [2.05, 4.69) is 9.97 Å². The lowest BCUT2D eigenvalue weighted by molar-refractivity contribution is 0.150. The van der Waals surface area contributed by atoms with Gasteiger partial charge in [-0.1, -0.05) is 6.92 Å². The maximum absolute atomic E-state index is 12.5. The standard InChI is InChI=1S/C11H10F2N2O/c1-2-6-3-9-8(14-5-6)4-7(10(12)13)11(16)15-9/h3-5,10H,2H2,1H3,(H,15,16). The van der Waals surface area contributed by atoms with Gasteiger partial charge in [0.05, 0.1) is 16.6 Å². The van der Waals surface area contributed by atoms with Crippen molar-refractivity contribution in [3.05, 3.63) is 39.8 Å². The summed E-state index contributed by atoms with van der Waals surface area (Å²) in [7, 11) is 0. The number of aryl methyl sites for hydroxylation is 1. The first-order valence-corrected chi connectivity index (χ1v) is 4.92. The molecule has 2 heterocycles. The molecule has 0 aromatic carbocycles. The molecule has 0 atom stereocenters. The van der Waals surface area contributed by atoms with Crippen LogP contribution >= 0.6 is 0 Å². The van der Waals surface area contributed by atoms with Crippen LogP contribution < -0.4 is 5.56 Å². The molecule has 0 amide bonds. The summed E-state index contributed by atoms with van der Waals surface area (Å²) in [6, 6.07) is 2.89. The molecule has 0 saturated carbocycles. The normalized spacial score (nSPS) is 11.2. The van der Waals surface area contributed by atoms with Gasteiger partial charge in [0.15, 0.2) is 0 Å². The van der Waals surface area contributed by atoms with Crippen molar-refractivity contribution in [2.75, 3.05) is 0 Å². The van der Waals surface area contributed by atoms with E-state index in [1.807, 2.05) is 6.92 Å². The lowest BCUT2D eigenvalue weighted by atomic mass is 10.2. The Labute approximate surface area is 90.1 Å². The summed E-state index contributed by atoms with van der Waals surface area (Å²) in [6.07, 6.45) is -0.377. The average molecular weight is 224 g/mol. The molecule has 84 valence electrons. The molecular weight excluding hydrogens is 214 g/mol. The molecule has 0 unspecified atom stereocenters. The van der Waals surface area contributed by atoms with Gasteiger partial charge in [-0.15, -0.1) is 0 Å². The number of fused-ring (bicyclic) bond motifs is 1. The molecule has 0 bridgehead atoms. The van der Waals surface area contributed by atoms with Crippen LogP contribution in [0.15, 0.2) is 23.1 Å². The molecule has 3 nitrogen and oxygen atoms in total. The topological polar surface area (TPSA) is 45.8 Å². The van der Waals surface area contributed by atoms with E-state index in [0.717, 1.165) is 18.1 Å². The third kappa shape index (κ3) is 1.80. The van der Waals surface area contributed by atoms with Gasteiger partial charge in [0.1, 0.15) is 0 Å². The Hall–Kier alpha value is -1.78. The number of halogens is 2. The number of nitrogens with zero attached hydrogens (tertiary/aromatic N) is 1. The Morgan fingerprint density at radius 2 is 2.19 bits per heavy atom. The van der Waals surface area contributed by atoms with Crippen molar-refractivity contribution in [3.63, 3.8) is 0 Å². The van der Waals surface area contributed by atoms with Crippen molar-refractivity contribution in [3.8, 4) is 0 Å². The van der Waals surface area contributed by atoms with Crippen molar-refractivity contribution in [1.82, 2.24) is 9.97 Å². The van der Waals surface area contributed by atoms with Gasteiger partial charge in [-0.3, -0.25) is 9.78 Å². The van der Waals surface area contributed by atoms with E-state index in [-0.39, 0.29) is 0 Å². The maximum atomic E-state index is 12.5. The summed E-state index contributed by atoms with van der Waals surface area (Å²) in [5.41, 5.74) is 0.538. The molecule has 0 aliphatic rings. The fourth-order valence-corrected chi connectivity index (χ4v) is 1.50. The van der Waals surface area contributed by atoms with Gasteiger partial charge in [0.2, 0.25) is 0 Å². The highest BCUT2D eigenvalue weighted by atomic mass is 19.3. The minimum atomic E-state index is -2.78. The zero-order chi connectivity index (χ0) is 11.7. The quantitative estimate of drug-likeness (QED) is 0.851. The van der Waals surface area contributed by atoms with Crippen LogP contribution in [0.1, 0.15) is 24.5 Å². The predicted molar refractivity (Wildman–Crippen MR) is 56.7 cm³/mol. The molecule has 0 spiro atoms. The third-order valence-electron chi connectivity index (χ3n) is 2.42. The first kappa shape index (κ1) is 10.7. The van der Waals surface area contributed by atoms with E-state index in [1.165, 1.54) is 0 Å². The van der Waals surface area contributed by atoms with Gasteiger partial charge in [-0.05, 0) is 24.1 Å². The van der Waals surface area contributed by atoms with E-state index in [4.69, 9.17) is 0 Å². The Kier molecular flexibility index (Phi) is 2.68. The van der Waals surface area contributed by atoms with Crippen molar-refractivity contribution >= 4 is 11.0 Å². The first-order valence-electron chi connectivity index (χ1n) is 4.92. The lowest BCUT2D eigenvalue weighted by Gasteiger charge is -2.03. The van der Waals surface area contributed by atoms with Crippen molar-refractivity contribution in [1.29, 1.82) is 0 Å². The molecule has 2 aromatic rings. The SMILES string of the molecule is CCc1cnc2cc(C(F)F)c(=O)[nH]c2c1. The summed E-state index contributed by atoms with van der Waals surface area (Å²) in [5.74, 6) is 0. The number of hydrogen-bond acceptors (Lipinski definition) is 2. The lowest BCUT2D eigenvalue weighted by Crippen LogP contribution is -2.13. The van der Waals surface area contributed by atoms with Crippen LogP contribution in [0.2, 0.25) is 0 Å². The predicted octanol–water partition coefficient (Wildman–Crippen LogP) is 2.42. The average Bonchev–Trinajstić information content (AvgIpc) is 2.27. The van der Waals surface area contributed by atoms with Crippen molar-refractivity contribution in [2.24, 2.45) is 0 Å². The fourth-order valence-electron chi connectivity index (χ4n) is 1.50. The largest absolute Gasteiger partial charge is 0.320 e. The molecule has 16 heavy (non-hydrogen) atoms. The van der Waals surface area contributed by atoms with E-state index in [1.54, 1.807) is 12.3 Å². The van der Waals surface area contributed by atoms with Gasteiger partial charge in [-0.25, -0.2) is 8.78 Å². The number of nitrogens with one attached hydrogen (secondary N) is 1. The number of aromatic amines is 1. The van der Waals surface area contributed by atoms with E-state index in [0.29, 0.717) is 11.0 Å². The van der Waals surface area contributed by atoms with E-state index in [9.17, 15) is 13.6 Å². The van der Waals surface area contributed by atoms with Crippen LogP contribution in [0.3, 0.4) is 0 Å². The molecule has 2 rings (SSSR count). The van der Waals surface area contributed by atoms with Crippen LogP contribution in [0.25, 0.3) is 11.0 Å². The molecular formula is C11H10F2N2O. The van der Waals surface area contributed by atoms with Crippen LogP contribution in [0.5, 0.6) is 0 Å². The van der Waals surface area contributed by atoms with Crippen molar-refractivity contribution in [2.45, 2.75) is 19.8 Å². The first-order chi connectivity index (χ1) is 7.61. The number of hydrogen-bond donors (Lipinski definition) is 1. The molecule has 0 saturated heterocycles. The molecule has 5 heteroatoms. The Morgan fingerprint density at radius 1 is 1.44 bits per heavy atom. The number of aromatic nitrogens is 2. The van der Waals surface area contributed by atoms with Gasteiger partial charge >= 0.3 is 0 Å². The van der Waals surface area contributed by atoms with Crippen molar-refractivity contribution < 1.29 is 8.78 Å². The molecule has 0 fully saturated rings. The fraction of sp³-hybridized carbons (Fsp3) is 0.273. The smallest absolute Gasteiger partial charge is 0.269 e. The highest BCUT2D eigenvalue weighted by Crippen LogP contribution is 2.18. The summed E-state index contributed by atoms with van der Waals surface area (Å²) >= 11 is 0. The number of pyridine rings is 2. The summed E-state index contributed by atoms with van der Waals surface area (Å²) in [6.45, 7) is 1.95. The van der Waals surface area contributed by atoms with Crippen LogP contribution in [-0.4, -0.2) is 9.97 Å². The Balaban J connectivity index is 2.69. The van der Waals surface area contributed by atoms with E-state index >= 15 is 0 Å². The second-order valence-corrected chi connectivity index (χ2v) is 3.48. The van der Waals surface area contributed by atoms with E-state index < -0.39 is 17.5 Å². The zero-order valence-electron chi connectivity index (χ0n) is 8.63. The summed E-state index contributed by atoms with van der Waals surface area (Å²) in [5, 5.41) is 0. The maximum Gasteiger partial charge on any atom is 0.269 e. The zero-order valence-corrected chi connectivity index (χ0v) is 8.63. The monoisotopic (exact) mass is 224 g/mol. The number of H-pyrrole nitrogens is 1. The number of alkyl halides is 2. The minimum Gasteiger partial charge on any atom is -0.320 e. The van der Waals surface area contributed by atoms with Gasteiger partial charge in [-0.2, -0.15) is 0 Å². The Bertz CT molecular complexity index is 578. The molecule has 0 radical (unpaired) electrons. The molecule has 1 N–H and O–H groups in total. The highest BCUT2D eigenvalue weighted by Gasteiger charge is 2.13. The second-order valence-electron chi connectivity index (χ2n) is 3.48. The molecule has 0 aliphatic heterocycles. The van der Waals surface area contributed by atoms with Gasteiger partial charge in [0, 0.05) is 6.20 Å². The highest BCUT2D eigenvalue weighted by molar-refractivity contribution is 5.74. The van der Waals surface area contributed by atoms with Gasteiger partial charge < -0.3 is 4.98 Å². The van der Waals surface area contributed by atoms with Gasteiger partial charge in [0.25, 0.3) is 12.0 Å². The second kappa shape index (κ2) is 4.00. The summed E-state index contributed by atoms with van der Waals surface area (Å²) < 4.78 is 24.9. The third-order valence-corrected chi connectivity index (χ3v) is 2.42. The number of rotatable bonds is 2. The molecule has 0 aliphatic carbocycles. The molecule has 2 aromatic heterocycles. The van der Waals surface area contributed by atoms with Crippen LogP contribution in [-0.2, 0) is 6.42 Å². The van der Waals surface area contributed by atoms with Crippen LogP contribution in [0, 0.1) is 0 Å².